The van der Waals surface area contributed by atoms with E-state index in [1.165, 1.54) is 42.2 Å². The van der Waals surface area contributed by atoms with Gasteiger partial charge in [-0.2, -0.15) is 10.1 Å². The Balaban J connectivity index is 1.56. The van der Waals surface area contributed by atoms with Crippen molar-refractivity contribution in [2.75, 3.05) is 25.7 Å². The summed E-state index contributed by atoms with van der Waals surface area (Å²) in [5, 5.41) is 12.7. The van der Waals surface area contributed by atoms with Crippen LogP contribution in [-0.2, 0) is 7.05 Å². The third kappa shape index (κ3) is 6.22. The minimum atomic E-state index is -1.34. The van der Waals surface area contributed by atoms with Gasteiger partial charge in [0.15, 0.2) is 11.9 Å². The largest absolute Gasteiger partial charge is 0.485 e. The minimum Gasteiger partial charge on any atom is -0.485 e. The highest BCUT2D eigenvalue weighted by atomic mass is 19.1. The first kappa shape index (κ1) is 25.2. The molecule has 192 valence electrons. The number of hydrogen-bond donors (Lipinski definition) is 2. The Hall–Kier alpha value is -4.88. The number of hydrogen-bond acceptors (Lipinski definition) is 9. The summed E-state index contributed by atoms with van der Waals surface area (Å²) < 4.78 is 43.8. The number of nitrogens with zero attached hydrogens (tertiary/aromatic N) is 5. The number of amides is 2. The van der Waals surface area contributed by atoms with E-state index in [2.05, 4.69) is 30.9 Å². The van der Waals surface area contributed by atoms with E-state index >= 15 is 0 Å². The molecule has 0 bridgehead atoms. The molecule has 0 radical (unpaired) electrons. The number of nitrogens with one attached hydrogen (secondary N) is 2. The molecule has 0 atom stereocenters. The van der Waals surface area contributed by atoms with E-state index in [1.54, 1.807) is 25.4 Å². The summed E-state index contributed by atoms with van der Waals surface area (Å²) in [7, 11) is 3.13. The number of alkyl halides is 2. The van der Waals surface area contributed by atoms with E-state index < -0.39 is 31.3 Å². The van der Waals surface area contributed by atoms with Gasteiger partial charge in [-0.3, -0.25) is 14.3 Å². The molecule has 0 aliphatic heterocycles. The van der Waals surface area contributed by atoms with Gasteiger partial charge in [0.25, 0.3) is 23.5 Å². The van der Waals surface area contributed by atoms with Crippen molar-refractivity contribution < 1.29 is 32.4 Å². The van der Waals surface area contributed by atoms with Gasteiger partial charge in [-0.25, -0.2) is 13.8 Å². The fourth-order valence-corrected chi connectivity index (χ4v) is 3.03. The van der Waals surface area contributed by atoms with Crippen molar-refractivity contribution in [2.24, 2.45) is 7.05 Å². The average molecular weight is 513 g/mol. The van der Waals surface area contributed by atoms with Crippen molar-refractivity contribution in [3.63, 3.8) is 0 Å². The minimum absolute atomic E-state index is 0.0255. The molecule has 14 heteroatoms. The van der Waals surface area contributed by atoms with Crippen LogP contribution in [-0.4, -0.2) is 63.2 Å². The third-order valence-corrected chi connectivity index (χ3v) is 4.79. The van der Waals surface area contributed by atoms with Gasteiger partial charge in [-0.05, 0) is 24.3 Å². The van der Waals surface area contributed by atoms with Crippen LogP contribution in [0.5, 0.6) is 17.2 Å². The van der Waals surface area contributed by atoms with Crippen molar-refractivity contribution in [3.05, 3.63) is 60.2 Å². The Morgan fingerprint density at radius 2 is 1.86 bits per heavy atom. The van der Waals surface area contributed by atoms with Gasteiger partial charge in [0.2, 0.25) is 0 Å². The number of ether oxygens (including phenoxy) is 2. The first-order chi connectivity index (χ1) is 17.9. The zero-order valence-electron chi connectivity index (χ0n) is 19.6. The third-order valence-electron chi connectivity index (χ3n) is 4.79. The molecule has 0 unspecified atom stereocenters. The second-order valence-corrected chi connectivity index (χ2v) is 7.55. The smallest absolute Gasteiger partial charge is 0.292 e. The van der Waals surface area contributed by atoms with Crippen LogP contribution in [0.1, 0.15) is 21.0 Å². The lowest BCUT2D eigenvalue weighted by Gasteiger charge is -2.15. The highest BCUT2D eigenvalue weighted by Gasteiger charge is 2.17. The molecule has 1 aromatic carbocycles. The van der Waals surface area contributed by atoms with Crippen molar-refractivity contribution in [1.82, 2.24) is 30.2 Å². The van der Waals surface area contributed by atoms with Gasteiger partial charge in [0, 0.05) is 38.0 Å². The van der Waals surface area contributed by atoms with Crippen LogP contribution in [0, 0.1) is 0 Å². The molecule has 0 saturated carbocycles. The lowest BCUT2D eigenvalue weighted by molar-refractivity contribution is 0.0949. The summed E-state index contributed by atoms with van der Waals surface area (Å²) in [4.78, 5) is 32.5. The van der Waals surface area contributed by atoms with Crippen molar-refractivity contribution in [3.8, 4) is 28.8 Å². The number of aryl methyl sites for hydroxylation is 1. The van der Waals surface area contributed by atoms with E-state index in [4.69, 9.17) is 14.0 Å². The zero-order chi connectivity index (χ0) is 26.4. The van der Waals surface area contributed by atoms with Crippen molar-refractivity contribution >= 4 is 17.6 Å². The van der Waals surface area contributed by atoms with Crippen LogP contribution >= 0.6 is 0 Å². The number of carbonyl (C=O) groups excluding carboxylic acids is 2. The average Bonchev–Trinajstić information content (AvgIpc) is 3.56. The second kappa shape index (κ2) is 11.2. The van der Waals surface area contributed by atoms with Gasteiger partial charge in [-0.15, -0.1) is 0 Å². The Morgan fingerprint density at radius 3 is 2.51 bits per heavy atom. The summed E-state index contributed by atoms with van der Waals surface area (Å²) in [5.41, 5.74) is 0.392. The predicted octanol–water partition coefficient (Wildman–Crippen LogP) is 2.96. The molecule has 0 aliphatic carbocycles. The van der Waals surface area contributed by atoms with Gasteiger partial charge < -0.3 is 24.6 Å². The first-order valence-corrected chi connectivity index (χ1v) is 10.8. The maximum Gasteiger partial charge on any atom is 0.292 e. The zero-order valence-corrected chi connectivity index (χ0v) is 19.6. The van der Waals surface area contributed by atoms with E-state index in [0.29, 0.717) is 5.82 Å². The molecule has 2 amide bonds. The van der Waals surface area contributed by atoms with Crippen LogP contribution in [0.2, 0.25) is 0 Å². The molecule has 12 nitrogen and oxygen atoms in total. The van der Waals surface area contributed by atoms with Crippen LogP contribution in [0.3, 0.4) is 0 Å². The Morgan fingerprint density at radius 1 is 1.08 bits per heavy atom. The Labute approximate surface area is 208 Å². The van der Waals surface area contributed by atoms with Crippen molar-refractivity contribution in [1.29, 1.82) is 0 Å². The van der Waals surface area contributed by atoms with Crippen LogP contribution < -0.4 is 20.1 Å². The first-order valence-electron chi connectivity index (χ1n) is 10.8. The molecule has 2 N–H and O–H groups in total. The summed E-state index contributed by atoms with van der Waals surface area (Å²) >= 11 is 0. The van der Waals surface area contributed by atoms with E-state index in [0.717, 1.165) is 0 Å². The summed E-state index contributed by atoms with van der Waals surface area (Å²) in [6.07, 6.45) is 1.67. The number of anilines is 1. The fourth-order valence-electron chi connectivity index (χ4n) is 3.03. The number of pyridine rings is 1. The van der Waals surface area contributed by atoms with Crippen LogP contribution in [0.4, 0.5) is 14.6 Å². The molecule has 3 aromatic heterocycles. The maximum absolute atomic E-state index is 13.0. The van der Waals surface area contributed by atoms with E-state index in [9.17, 15) is 18.4 Å². The summed E-state index contributed by atoms with van der Waals surface area (Å²) in [5.74, 6) is -0.422. The topological polar surface area (TPSA) is 146 Å². The maximum atomic E-state index is 13.0. The van der Waals surface area contributed by atoms with Crippen LogP contribution in [0.25, 0.3) is 11.6 Å². The number of rotatable bonds is 10. The molecule has 3 heterocycles. The normalized spacial score (nSPS) is 10.8. The van der Waals surface area contributed by atoms with Gasteiger partial charge >= 0.3 is 0 Å². The summed E-state index contributed by atoms with van der Waals surface area (Å²) in [6, 6.07) is 8.81. The number of aromatic nitrogens is 5. The molecule has 0 aliphatic rings. The number of benzene rings is 1. The molecular formula is C23H21F2N7O5. The standard InChI is InChI=1S/C23H21F2N7O5/c1-26-22(34)20-29-23(37-31-20)18-4-3-14(12-27-18)35-15-7-13(8-16(9-15)36-17(10-24)11-25)21(33)28-19-5-6-32(2)30-19/h3-9,12,17H,10-11H2,1-2H3,(H,26,34)(H,28,30,33). The predicted molar refractivity (Wildman–Crippen MR) is 125 cm³/mol. The lowest BCUT2D eigenvalue weighted by atomic mass is 10.2. The summed E-state index contributed by atoms with van der Waals surface area (Å²) in [6.45, 7) is -2.11. The van der Waals surface area contributed by atoms with Gasteiger partial charge in [-0.1, -0.05) is 5.16 Å². The van der Waals surface area contributed by atoms with Gasteiger partial charge in [0.05, 0.1) is 6.20 Å². The van der Waals surface area contributed by atoms with Crippen molar-refractivity contribution in [2.45, 2.75) is 6.10 Å². The molecule has 0 saturated heterocycles. The highest BCUT2D eigenvalue weighted by Crippen LogP contribution is 2.29. The fraction of sp³-hybridized carbons (Fsp3) is 0.217. The van der Waals surface area contributed by atoms with Crippen LogP contribution in [0.15, 0.2) is 53.3 Å². The Bertz CT molecular complexity index is 1390. The monoisotopic (exact) mass is 513 g/mol. The number of halogens is 2. The van der Waals surface area contributed by atoms with E-state index in [1.807, 2.05) is 0 Å². The molecule has 0 fully saturated rings. The second-order valence-electron chi connectivity index (χ2n) is 7.55. The Kier molecular flexibility index (Phi) is 7.66. The highest BCUT2D eigenvalue weighted by molar-refractivity contribution is 6.04. The van der Waals surface area contributed by atoms with Gasteiger partial charge in [0.1, 0.15) is 36.3 Å². The van der Waals surface area contributed by atoms with E-state index in [-0.39, 0.29) is 40.2 Å². The quantitative estimate of drug-likeness (QED) is 0.327. The molecule has 4 rings (SSSR count). The molecular weight excluding hydrogens is 492 g/mol. The molecule has 4 aromatic rings. The lowest BCUT2D eigenvalue weighted by Crippen LogP contribution is -2.21. The molecule has 37 heavy (non-hydrogen) atoms. The molecule has 0 spiro atoms. The number of carbonyl (C=O) groups is 2. The SMILES string of the molecule is CNC(=O)c1noc(-c2ccc(Oc3cc(OC(CF)CF)cc(C(=O)Nc4ccn(C)n4)c3)cn2)n1.